The number of ether oxygens (including phenoxy) is 2. The minimum atomic E-state index is -0.980. The topological polar surface area (TPSA) is 69.9 Å². The van der Waals surface area contributed by atoms with E-state index < -0.39 is 12.1 Å². The molecule has 156 valence electrons. The molecular formula is C24H19ClN2O4. The second-order valence-corrected chi connectivity index (χ2v) is 7.43. The van der Waals surface area contributed by atoms with Crippen molar-refractivity contribution in [2.45, 2.75) is 19.6 Å². The molecule has 0 spiro atoms. The SMILES string of the molecule is Cc1ccc2nc(COC(=O)C(Oc3ccc(Cl)cc3)c3ccccc3)cc(=O)n2c1. The first-order valence-corrected chi connectivity index (χ1v) is 10.0. The number of halogens is 1. The zero-order valence-corrected chi connectivity index (χ0v) is 17.5. The molecule has 1 unspecified atom stereocenters. The van der Waals surface area contributed by atoms with E-state index in [9.17, 15) is 9.59 Å². The van der Waals surface area contributed by atoms with Crippen molar-refractivity contribution in [1.29, 1.82) is 0 Å². The minimum absolute atomic E-state index is 0.147. The van der Waals surface area contributed by atoms with Gasteiger partial charge in [0.1, 0.15) is 18.0 Å². The van der Waals surface area contributed by atoms with Crippen molar-refractivity contribution in [2.24, 2.45) is 0 Å². The van der Waals surface area contributed by atoms with Gasteiger partial charge in [-0.05, 0) is 42.8 Å². The Morgan fingerprint density at radius 2 is 1.81 bits per heavy atom. The van der Waals surface area contributed by atoms with Crippen molar-refractivity contribution in [3.8, 4) is 5.75 Å². The number of rotatable bonds is 6. The van der Waals surface area contributed by atoms with Crippen LogP contribution >= 0.6 is 11.6 Å². The van der Waals surface area contributed by atoms with Crippen molar-refractivity contribution >= 4 is 23.2 Å². The third kappa shape index (κ3) is 4.92. The summed E-state index contributed by atoms with van der Waals surface area (Å²) in [5, 5.41) is 0.565. The van der Waals surface area contributed by atoms with Crippen LogP contribution in [0.2, 0.25) is 5.02 Å². The van der Waals surface area contributed by atoms with Gasteiger partial charge < -0.3 is 9.47 Å². The van der Waals surface area contributed by atoms with E-state index in [1.165, 1.54) is 10.5 Å². The number of esters is 1. The predicted molar refractivity (Wildman–Crippen MR) is 117 cm³/mol. The number of hydrogen-bond acceptors (Lipinski definition) is 5. The molecule has 1 atom stereocenters. The van der Waals surface area contributed by atoms with Gasteiger partial charge in [0, 0.05) is 22.8 Å². The molecule has 0 aliphatic carbocycles. The summed E-state index contributed by atoms with van der Waals surface area (Å²) in [5.41, 5.74) is 2.20. The average molecular weight is 435 g/mol. The predicted octanol–water partition coefficient (Wildman–Crippen LogP) is 4.52. The number of carbonyl (C=O) groups excluding carboxylic acids is 1. The van der Waals surface area contributed by atoms with E-state index in [0.29, 0.717) is 27.7 Å². The summed E-state index contributed by atoms with van der Waals surface area (Å²) < 4.78 is 12.8. The Kier molecular flexibility index (Phi) is 6.00. The summed E-state index contributed by atoms with van der Waals surface area (Å²) in [5.74, 6) is -0.111. The van der Waals surface area contributed by atoms with Crippen LogP contribution in [0.3, 0.4) is 0 Å². The monoisotopic (exact) mass is 434 g/mol. The number of nitrogens with zero attached hydrogens (tertiary/aromatic N) is 2. The lowest BCUT2D eigenvalue weighted by atomic mass is 10.1. The third-order valence-corrected chi connectivity index (χ3v) is 4.86. The highest BCUT2D eigenvalue weighted by Gasteiger charge is 2.24. The van der Waals surface area contributed by atoms with Gasteiger partial charge in [-0.15, -0.1) is 0 Å². The van der Waals surface area contributed by atoms with E-state index in [1.54, 1.807) is 48.7 Å². The molecular weight excluding hydrogens is 416 g/mol. The molecule has 2 aromatic heterocycles. The number of aromatic nitrogens is 2. The normalized spacial score (nSPS) is 11.8. The summed E-state index contributed by atoms with van der Waals surface area (Å²) >= 11 is 5.93. The molecule has 4 aromatic rings. The summed E-state index contributed by atoms with van der Waals surface area (Å²) in [6.45, 7) is 1.75. The van der Waals surface area contributed by atoms with Crippen LogP contribution in [0.1, 0.15) is 22.9 Å². The number of fused-ring (bicyclic) bond motifs is 1. The second-order valence-electron chi connectivity index (χ2n) is 6.99. The Morgan fingerprint density at radius 3 is 2.55 bits per heavy atom. The smallest absolute Gasteiger partial charge is 0.352 e. The van der Waals surface area contributed by atoms with Crippen LogP contribution in [0, 0.1) is 6.92 Å². The highest BCUT2D eigenvalue weighted by Crippen LogP contribution is 2.25. The molecule has 0 aliphatic heterocycles. The first kappa shape index (κ1) is 20.6. The summed E-state index contributed by atoms with van der Waals surface area (Å²) in [7, 11) is 0. The van der Waals surface area contributed by atoms with Gasteiger partial charge in [0.2, 0.25) is 6.10 Å². The first-order valence-electron chi connectivity index (χ1n) is 9.62. The minimum Gasteiger partial charge on any atom is -0.474 e. The number of benzene rings is 2. The maximum absolute atomic E-state index is 12.9. The molecule has 0 amide bonds. The zero-order valence-electron chi connectivity index (χ0n) is 16.7. The molecule has 4 rings (SSSR count). The van der Waals surface area contributed by atoms with Gasteiger partial charge in [-0.1, -0.05) is 48.0 Å². The van der Waals surface area contributed by atoms with Gasteiger partial charge in [0.25, 0.3) is 5.56 Å². The van der Waals surface area contributed by atoms with Gasteiger partial charge in [-0.25, -0.2) is 9.78 Å². The van der Waals surface area contributed by atoms with E-state index in [4.69, 9.17) is 21.1 Å². The van der Waals surface area contributed by atoms with Crippen LogP contribution in [0.25, 0.3) is 5.65 Å². The molecule has 0 saturated heterocycles. The molecule has 2 heterocycles. The van der Waals surface area contributed by atoms with E-state index in [2.05, 4.69) is 4.98 Å². The summed E-state index contributed by atoms with van der Waals surface area (Å²) in [6.07, 6.45) is 0.734. The fraction of sp³-hybridized carbons (Fsp3) is 0.125. The van der Waals surface area contributed by atoms with E-state index in [0.717, 1.165) is 5.56 Å². The summed E-state index contributed by atoms with van der Waals surface area (Å²) in [6, 6.07) is 20.7. The van der Waals surface area contributed by atoms with Crippen LogP contribution in [-0.2, 0) is 16.1 Å². The zero-order chi connectivity index (χ0) is 21.8. The number of hydrogen-bond donors (Lipinski definition) is 0. The number of carbonyl (C=O) groups is 1. The van der Waals surface area contributed by atoms with Crippen LogP contribution in [0.5, 0.6) is 5.75 Å². The van der Waals surface area contributed by atoms with Crippen molar-refractivity contribution < 1.29 is 14.3 Å². The van der Waals surface area contributed by atoms with E-state index in [-0.39, 0.29) is 12.2 Å². The lowest BCUT2D eigenvalue weighted by Gasteiger charge is -2.18. The Balaban J connectivity index is 1.55. The maximum Gasteiger partial charge on any atom is 0.352 e. The molecule has 2 aromatic carbocycles. The van der Waals surface area contributed by atoms with Gasteiger partial charge in [0.15, 0.2) is 0 Å². The maximum atomic E-state index is 12.9. The largest absolute Gasteiger partial charge is 0.474 e. The highest BCUT2D eigenvalue weighted by molar-refractivity contribution is 6.30. The lowest BCUT2D eigenvalue weighted by molar-refractivity contribution is -0.153. The molecule has 0 aliphatic rings. The van der Waals surface area contributed by atoms with Gasteiger partial charge >= 0.3 is 5.97 Å². The molecule has 0 bridgehead atoms. The van der Waals surface area contributed by atoms with Crippen LogP contribution < -0.4 is 10.3 Å². The summed E-state index contributed by atoms with van der Waals surface area (Å²) in [4.78, 5) is 29.7. The second kappa shape index (κ2) is 9.02. The molecule has 7 heteroatoms. The van der Waals surface area contributed by atoms with Gasteiger partial charge in [0.05, 0.1) is 5.69 Å². The van der Waals surface area contributed by atoms with Crippen molar-refractivity contribution in [3.63, 3.8) is 0 Å². The van der Waals surface area contributed by atoms with Crippen LogP contribution in [-0.4, -0.2) is 15.4 Å². The number of pyridine rings is 1. The molecule has 0 saturated carbocycles. The van der Waals surface area contributed by atoms with Crippen LogP contribution in [0.4, 0.5) is 0 Å². The Hall–Kier alpha value is -3.64. The van der Waals surface area contributed by atoms with Gasteiger partial charge in [-0.3, -0.25) is 9.20 Å². The fourth-order valence-corrected chi connectivity index (χ4v) is 3.21. The average Bonchev–Trinajstić information content (AvgIpc) is 2.78. The van der Waals surface area contributed by atoms with E-state index in [1.807, 2.05) is 31.2 Å². The van der Waals surface area contributed by atoms with Gasteiger partial charge in [-0.2, -0.15) is 0 Å². The Bertz CT molecular complexity index is 1270. The van der Waals surface area contributed by atoms with Crippen LogP contribution in [0.15, 0.2) is 83.8 Å². The fourth-order valence-electron chi connectivity index (χ4n) is 3.08. The Labute approximate surface area is 183 Å². The molecule has 0 radical (unpaired) electrons. The number of aryl methyl sites for hydroxylation is 1. The first-order chi connectivity index (χ1) is 15.0. The molecule has 0 N–H and O–H groups in total. The lowest BCUT2D eigenvalue weighted by Crippen LogP contribution is -2.22. The standard InChI is InChI=1S/C24H19ClN2O4/c1-16-7-12-21-26-19(13-22(28)27(21)14-16)15-30-24(29)23(17-5-3-2-4-6-17)31-20-10-8-18(25)9-11-20/h2-14,23H,15H2,1H3. The Morgan fingerprint density at radius 1 is 1.06 bits per heavy atom. The highest BCUT2D eigenvalue weighted by atomic mass is 35.5. The molecule has 31 heavy (non-hydrogen) atoms. The third-order valence-electron chi connectivity index (χ3n) is 4.61. The quantitative estimate of drug-likeness (QED) is 0.417. The molecule has 0 fully saturated rings. The van der Waals surface area contributed by atoms with E-state index >= 15 is 0 Å². The molecule has 6 nitrogen and oxygen atoms in total. The van der Waals surface area contributed by atoms with Crippen molar-refractivity contribution in [1.82, 2.24) is 9.38 Å². The van der Waals surface area contributed by atoms with Crippen molar-refractivity contribution in [2.75, 3.05) is 0 Å². The van der Waals surface area contributed by atoms with Crippen molar-refractivity contribution in [3.05, 3.63) is 111 Å².